The molecule has 7 heteroatoms. The van der Waals surface area contributed by atoms with Crippen LogP contribution in [0.2, 0.25) is 5.02 Å². The Morgan fingerprint density at radius 3 is 2.77 bits per heavy atom. The van der Waals surface area contributed by atoms with E-state index in [-0.39, 0.29) is 6.04 Å². The molecule has 0 saturated heterocycles. The van der Waals surface area contributed by atoms with E-state index in [9.17, 15) is 0 Å². The van der Waals surface area contributed by atoms with Crippen LogP contribution in [0.15, 0.2) is 17.2 Å². The van der Waals surface area contributed by atoms with Crippen molar-refractivity contribution in [2.24, 2.45) is 5.10 Å². The van der Waals surface area contributed by atoms with Crippen LogP contribution in [0.25, 0.3) is 0 Å². The maximum Gasteiger partial charge on any atom is 0.187 e. The van der Waals surface area contributed by atoms with Gasteiger partial charge in [0.1, 0.15) is 0 Å². The lowest BCUT2D eigenvalue weighted by molar-refractivity contribution is 0.294. The summed E-state index contributed by atoms with van der Waals surface area (Å²) in [6, 6.07) is 3.82. The first kappa shape index (κ1) is 18.5. The average molecular weight is 344 g/mol. The van der Waals surface area contributed by atoms with Crippen LogP contribution in [0.5, 0.6) is 11.5 Å². The van der Waals surface area contributed by atoms with Crippen LogP contribution < -0.4 is 20.2 Å². The van der Waals surface area contributed by atoms with Crippen molar-refractivity contribution < 1.29 is 9.47 Å². The van der Waals surface area contributed by atoms with E-state index in [0.29, 0.717) is 28.2 Å². The Balaban J connectivity index is 2.79. The van der Waals surface area contributed by atoms with Gasteiger partial charge in [0.05, 0.1) is 25.0 Å². The molecule has 0 spiro atoms. The van der Waals surface area contributed by atoms with Crippen molar-refractivity contribution in [3.05, 3.63) is 22.7 Å². The second-order valence-corrected chi connectivity index (χ2v) is 5.70. The number of rotatable bonds is 7. The summed E-state index contributed by atoms with van der Waals surface area (Å²) in [5, 5.41) is 8.05. The lowest BCUT2D eigenvalue weighted by Gasteiger charge is -2.12. The summed E-state index contributed by atoms with van der Waals surface area (Å²) in [6.07, 6.45) is 2.51. The molecule has 1 aromatic rings. The highest BCUT2D eigenvalue weighted by Gasteiger charge is 2.11. The molecule has 0 aromatic heterocycles. The zero-order valence-corrected chi connectivity index (χ0v) is 14.8. The molecule has 2 N–H and O–H groups in total. The zero-order chi connectivity index (χ0) is 16.5. The number of benzene rings is 1. The van der Waals surface area contributed by atoms with Crippen LogP contribution in [0.1, 0.15) is 32.8 Å². The van der Waals surface area contributed by atoms with Gasteiger partial charge >= 0.3 is 0 Å². The van der Waals surface area contributed by atoms with Crippen molar-refractivity contribution in [2.45, 2.75) is 33.2 Å². The molecule has 22 heavy (non-hydrogen) atoms. The lowest BCUT2D eigenvalue weighted by Crippen LogP contribution is -2.36. The summed E-state index contributed by atoms with van der Waals surface area (Å²) in [7, 11) is 1.57. The first-order valence-corrected chi connectivity index (χ1v) is 7.86. The number of halogens is 1. The van der Waals surface area contributed by atoms with Crippen molar-refractivity contribution in [3.8, 4) is 11.5 Å². The first-order valence-electron chi connectivity index (χ1n) is 7.07. The van der Waals surface area contributed by atoms with Gasteiger partial charge in [0.15, 0.2) is 16.6 Å². The van der Waals surface area contributed by atoms with Crippen LogP contribution >= 0.6 is 23.8 Å². The summed E-state index contributed by atoms with van der Waals surface area (Å²) in [5.41, 5.74) is 3.53. The third kappa shape index (κ3) is 6.07. The van der Waals surface area contributed by atoms with Crippen LogP contribution in [-0.4, -0.2) is 31.1 Å². The van der Waals surface area contributed by atoms with Crippen molar-refractivity contribution in [3.63, 3.8) is 0 Å². The first-order chi connectivity index (χ1) is 10.5. The minimum atomic E-state index is 0.250. The van der Waals surface area contributed by atoms with Crippen molar-refractivity contribution in [2.75, 3.05) is 13.7 Å². The Bertz CT molecular complexity index is 536. The number of nitrogens with zero attached hydrogens (tertiary/aromatic N) is 1. The van der Waals surface area contributed by atoms with E-state index in [1.54, 1.807) is 25.5 Å². The molecule has 0 bridgehead atoms. The molecule has 0 unspecified atom stereocenters. The molecule has 0 atom stereocenters. The SMILES string of the molecule is CCCOc1c(Cl)cc(/C=N\NC(=S)NC(C)C)cc1OC. The fourth-order valence-corrected chi connectivity index (χ4v) is 2.18. The number of hydrogen-bond donors (Lipinski definition) is 2. The molecule has 122 valence electrons. The summed E-state index contributed by atoms with van der Waals surface area (Å²) in [6.45, 7) is 6.61. The highest BCUT2D eigenvalue weighted by atomic mass is 35.5. The van der Waals surface area contributed by atoms with E-state index < -0.39 is 0 Å². The quantitative estimate of drug-likeness (QED) is 0.452. The average Bonchev–Trinajstić information content (AvgIpc) is 2.44. The van der Waals surface area contributed by atoms with E-state index in [4.69, 9.17) is 33.3 Å². The molecular formula is C15H22ClN3O2S. The fraction of sp³-hybridized carbons (Fsp3) is 0.467. The Labute approximate surface area is 142 Å². The Kier molecular flexibility index (Phi) is 7.98. The zero-order valence-electron chi connectivity index (χ0n) is 13.3. The summed E-state index contributed by atoms with van der Waals surface area (Å²) in [4.78, 5) is 0. The number of hydrogen-bond acceptors (Lipinski definition) is 4. The monoisotopic (exact) mass is 343 g/mol. The number of hydrazone groups is 1. The normalized spacial score (nSPS) is 10.8. The summed E-state index contributed by atoms with van der Waals surface area (Å²) < 4.78 is 10.9. The second-order valence-electron chi connectivity index (χ2n) is 4.88. The molecule has 0 amide bonds. The molecule has 0 radical (unpaired) electrons. The number of ether oxygens (including phenoxy) is 2. The Hall–Kier alpha value is -1.53. The standard InChI is InChI=1S/C15H22ClN3O2S/c1-5-6-21-14-12(16)7-11(8-13(14)20-4)9-17-19-15(22)18-10(2)3/h7-10H,5-6H2,1-4H3,(H2,18,19,22)/b17-9-. The fourth-order valence-electron chi connectivity index (χ4n) is 1.62. The molecule has 0 aliphatic heterocycles. The van der Waals surface area contributed by atoms with E-state index in [0.717, 1.165) is 12.0 Å². The van der Waals surface area contributed by atoms with Gasteiger partial charge in [0.25, 0.3) is 0 Å². The number of methoxy groups -OCH3 is 1. The number of nitrogens with one attached hydrogen (secondary N) is 2. The summed E-state index contributed by atoms with van der Waals surface area (Å²) in [5.74, 6) is 1.12. The maximum absolute atomic E-state index is 6.23. The van der Waals surface area contributed by atoms with Crippen molar-refractivity contribution in [1.29, 1.82) is 0 Å². The molecule has 5 nitrogen and oxygen atoms in total. The highest BCUT2D eigenvalue weighted by molar-refractivity contribution is 7.80. The van der Waals surface area contributed by atoms with Crippen molar-refractivity contribution in [1.82, 2.24) is 10.7 Å². The van der Waals surface area contributed by atoms with Gasteiger partial charge in [-0.2, -0.15) is 5.10 Å². The summed E-state index contributed by atoms with van der Waals surface area (Å²) >= 11 is 11.3. The van der Waals surface area contributed by atoms with E-state index >= 15 is 0 Å². The number of thiocarbonyl (C=S) groups is 1. The predicted molar refractivity (Wildman–Crippen MR) is 95.4 cm³/mol. The van der Waals surface area contributed by atoms with Gasteiger partial charge in [0, 0.05) is 6.04 Å². The Morgan fingerprint density at radius 1 is 1.45 bits per heavy atom. The van der Waals surface area contributed by atoms with Gasteiger partial charge < -0.3 is 14.8 Å². The third-order valence-corrected chi connectivity index (χ3v) is 2.99. The Morgan fingerprint density at radius 2 is 2.18 bits per heavy atom. The molecule has 0 aliphatic carbocycles. The van der Waals surface area contributed by atoms with Gasteiger partial charge in [-0.3, -0.25) is 5.43 Å². The van der Waals surface area contributed by atoms with Crippen LogP contribution in [0.3, 0.4) is 0 Å². The van der Waals surface area contributed by atoms with E-state index in [1.807, 2.05) is 20.8 Å². The minimum Gasteiger partial charge on any atom is -0.493 e. The van der Waals surface area contributed by atoms with Gasteiger partial charge in [-0.15, -0.1) is 0 Å². The minimum absolute atomic E-state index is 0.250. The second kappa shape index (κ2) is 9.48. The van der Waals surface area contributed by atoms with Crippen LogP contribution in [-0.2, 0) is 0 Å². The third-order valence-electron chi connectivity index (χ3n) is 2.50. The molecule has 0 fully saturated rings. The molecule has 0 saturated carbocycles. The van der Waals surface area contributed by atoms with E-state index in [1.165, 1.54) is 0 Å². The molecular weight excluding hydrogens is 322 g/mol. The maximum atomic E-state index is 6.23. The van der Waals surface area contributed by atoms with E-state index in [2.05, 4.69) is 15.8 Å². The topological polar surface area (TPSA) is 54.9 Å². The largest absolute Gasteiger partial charge is 0.493 e. The van der Waals surface area contributed by atoms with Crippen molar-refractivity contribution >= 4 is 35.1 Å². The molecule has 1 rings (SSSR count). The van der Waals surface area contributed by atoms with Gasteiger partial charge in [-0.25, -0.2) is 0 Å². The van der Waals surface area contributed by atoms with Crippen LogP contribution in [0, 0.1) is 0 Å². The molecule has 0 aliphatic rings. The van der Waals surface area contributed by atoms with Gasteiger partial charge in [-0.05, 0) is 50.2 Å². The van der Waals surface area contributed by atoms with Gasteiger partial charge in [-0.1, -0.05) is 18.5 Å². The highest BCUT2D eigenvalue weighted by Crippen LogP contribution is 2.36. The van der Waals surface area contributed by atoms with Crippen LogP contribution in [0.4, 0.5) is 0 Å². The lowest BCUT2D eigenvalue weighted by atomic mass is 10.2. The van der Waals surface area contributed by atoms with Gasteiger partial charge in [0.2, 0.25) is 0 Å². The molecule has 0 heterocycles. The smallest absolute Gasteiger partial charge is 0.187 e. The molecule has 1 aromatic carbocycles. The predicted octanol–water partition coefficient (Wildman–Crippen LogP) is 3.34.